The van der Waals surface area contributed by atoms with Gasteiger partial charge in [-0.1, -0.05) is 31.6 Å². The molecule has 0 aromatic heterocycles. The predicted octanol–water partition coefficient (Wildman–Crippen LogP) is 4.73. The Morgan fingerprint density at radius 2 is 1.92 bits per heavy atom. The van der Waals surface area contributed by atoms with Gasteiger partial charge in [0.25, 0.3) is 0 Å². The first-order valence-corrected chi connectivity index (χ1v) is 13.8. The van der Waals surface area contributed by atoms with E-state index in [0.29, 0.717) is 29.9 Å². The molecule has 3 aliphatic heterocycles. The van der Waals surface area contributed by atoms with E-state index >= 15 is 0 Å². The van der Waals surface area contributed by atoms with Crippen LogP contribution in [0.15, 0.2) is 35.4 Å². The van der Waals surface area contributed by atoms with Gasteiger partial charge in [-0.05, 0) is 58.9 Å². The molecule has 6 aliphatic rings. The zero-order valence-corrected chi connectivity index (χ0v) is 23.1. The van der Waals surface area contributed by atoms with Crippen molar-refractivity contribution >= 4 is 17.6 Å². The second kappa shape index (κ2) is 8.30. The largest absolute Gasteiger partial charge is 0.507 e. The quantitative estimate of drug-likeness (QED) is 0.544. The van der Waals surface area contributed by atoms with Gasteiger partial charge >= 0.3 is 0 Å². The van der Waals surface area contributed by atoms with Crippen molar-refractivity contribution in [2.75, 3.05) is 26.2 Å². The second-order valence-electron chi connectivity index (χ2n) is 12.1. The SMILES string of the molecule is CCN(CC)C[C@@H]1[C@H]2CO[C@@]3(CC=C(C)C)C(=O)[C@@H]1C=C1C(=O)c4c(O)cc5c(c4O[C@]123)C=CC(C)(C)O5. The molecule has 1 aromatic carbocycles. The Kier molecular flexibility index (Phi) is 5.54. The number of fused-ring (bicyclic) bond motifs is 3. The van der Waals surface area contributed by atoms with Gasteiger partial charge in [0, 0.05) is 36.4 Å². The van der Waals surface area contributed by atoms with Crippen LogP contribution in [0.5, 0.6) is 17.2 Å². The van der Waals surface area contributed by atoms with Crippen LogP contribution in [0, 0.1) is 17.8 Å². The van der Waals surface area contributed by atoms with E-state index in [4.69, 9.17) is 14.2 Å². The summed E-state index contributed by atoms with van der Waals surface area (Å²) >= 11 is 0. The Morgan fingerprint density at radius 1 is 1.18 bits per heavy atom. The standard InChI is InChI=1S/C31H37NO6/c1-7-32(8-2)15-20-19-13-21-26(34)25-23(33)14-24-18(10-11-29(5,6)37-24)27(25)38-31(21)22(20)16-36-30(31,28(19)35)12-9-17(3)4/h9-11,13-14,19-20,22,33H,7-8,12,15-16H2,1-6H3/t19-,20+,22-,30+,31-/m1/s1. The molecule has 2 fully saturated rings. The first-order chi connectivity index (χ1) is 18.0. The van der Waals surface area contributed by atoms with Gasteiger partial charge in [0.1, 0.15) is 28.4 Å². The molecular weight excluding hydrogens is 482 g/mol. The lowest BCUT2D eigenvalue weighted by Gasteiger charge is -2.59. The summed E-state index contributed by atoms with van der Waals surface area (Å²) in [6.07, 6.45) is 7.99. The highest BCUT2D eigenvalue weighted by atomic mass is 16.6. The van der Waals surface area contributed by atoms with E-state index in [0.717, 1.165) is 25.2 Å². The Labute approximate surface area is 224 Å². The summed E-state index contributed by atoms with van der Waals surface area (Å²) in [7, 11) is 0. The van der Waals surface area contributed by atoms with Gasteiger partial charge in [-0.25, -0.2) is 0 Å². The molecule has 1 N–H and O–H groups in total. The van der Waals surface area contributed by atoms with Crippen molar-refractivity contribution in [3.63, 3.8) is 0 Å². The Hall–Kier alpha value is -2.90. The summed E-state index contributed by atoms with van der Waals surface area (Å²) in [5.74, 6) is -0.414. The molecule has 7 nitrogen and oxygen atoms in total. The Balaban J connectivity index is 1.59. The van der Waals surface area contributed by atoms with E-state index in [9.17, 15) is 14.7 Å². The van der Waals surface area contributed by atoms with Gasteiger partial charge < -0.3 is 24.2 Å². The zero-order valence-electron chi connectivity index (χ0n) is 23.1. The fourth-order valence-corrected chi connectivity index (χ4v) is 7.31. The van der Waals surface area contributed by atoms with Crippen LogP contribution in [0.3, 0.4) is 0 Å². The van der Waals surface area contributed by atoms with Crippen molar-refractivity contribution in [1.82, 2.24) is 4.90 Å². The van der Waals surface area contributed by atoms with Crippen LogP contribution in [0.2, 0.25) is 0 Å². The fourth-order valence-electron chi connectivity index (χ4n) is 7.31. The number of nitrogens with zero attached hydrogens (tertiary/aromatic N) is 1. The van der Waals surface area contributed by atoms with E-state index in [1.807, 2.05) is 52.0 Å². The topological polar surface area (TPSA) is 85.3 Å². The number of phenols is 1. The van der Waals surface area contributed by atoms with Crippen molar-refractivity contribution < 1.29 is 28.9 Å². The predicted molar refractivity (Wildman–Crippen MR) is 144 cm³/mol. The minimum atomic E-state index is -1.30. The molecule has 5 atom stereocenters. The van der Waals surface area contributed by atoms with Crippen LogP contribution in [0.25, 0.3) is 6.08 Å². The minimum Gasteiger partial charge on any atom is -0.507 e. The van der Waals surface area contributed by atoms with E-state index in [2.05, 4.69) is 18.7 Å². The molecule has 4 bridgehead atoms. The number of carbonyl (C=O) groups is 2. The average molecular weight is 520 g/mol. The number of hydrogen-bond donors (Lipinski definition) is 1. The van der Waals surface area contributed by atoms with Crippen molar-refractivity contribution in [3.8, 4) is 17.2 Å². The second-order valence-corrected chi connectivity index (χ2v) is 12.1. The summed E-state index contributed by atoms with van der Waals surface area (Å²) in [6.45, 7) is 14.9. The maximum Gasteiger partial charge on any atom is 0.200 e. The number of carbonyl (C=O) groups excluding carboxylic acids is 2. The zero-order chi connectivity index (χ0) is 27.2. The van der Waals surface area contributed by atoms with Gasteiger partial charge in [0.15, 0.2) is 22.8 Å². The summed E-state index contributed by atoms with van der Waals surface area (Å²) < 4.78 is 19.7. The van der Waals surface area contributed by atoms with Gasteiger partial charge in [-0.3, -0.25) is 9.59 Å². The molecule has 1 saturated carbocycles. The van der Waals surface area contributed by atoms with Gasteiger partial charge in [-0.15, -0.1) is 0 Å². The number of Topliss-reactive ketones (excluding diaryl/α,β-unsaturated/α-hetero) is 2. The van der Waals surface area contributed by atoms with Gasteiger partial charge in [0.05, 0.1) is 12.2 Å². The molecule has 7 heteroatoms. The average Bonchev–Trinajstić information content (AvgIpc) is 3.14. The Bertz CT molecular complexity index is 1330. The molecule has 0 unspecified atom stereocenters. The molecule has 0 radical (unpaired) electrons. The van der Waals surface area contributed by atoms with Crippen LogP contribution < -0.4 is 9.47 Å². The number of benzene rings is 1. The van der Waals surface area contributed by atoms with Crippen molar-refractivity contribution in [3.05, 3.63) is 46.6 Å². The van der Waals surface area contributed by atoms with Crippen LogP contribution in [0.1, 0.15) is 63.9 Å². The molecular formula is C31H37NO6. The molecule has 38 heavy (non-hydrogen) atoms. The number of ether oxygens (including phenoxy) is 3. The van der Waals surface area contributed by atoms with E-state index in [-0.39, 0.29) is 40.5 Å². The van der Waals surface area contributed by atoms with E-state index in [1.165, 1.54) is 6.07 Å². The highest BCUT2D eigenvalue weighted by molar-refractivity contribution is 6.18. The number of allylic oxidation sites excluding steroid dienone is 2. The molecule has 3 aliphatic carbocycles. The maximum atomic E-state index is 14.4. The third-order valence-corrected chi connectivity index (χ3v) is 9.24. The first kappa shape index (κ1) is 25.4. The molecule has 3 heterocycles. The number of aromatic hydroxyl groups is 1. The molecule has 1 spiro atoms. The molecule has 202 valence electrons. The van der Waals surface area contributed by atoms with Crippen LogP contribution in [-0.4, -0.2) is 64.6 Å². The third-order valence-electron chi connectivity index (χ3n) is 9.24. The first-order valence-electron chi connectivity index (χ1n) is 13.8. The van der Waals surface area contributed by atoms with E-state index < -0.39 is 22.7 Å². The van der Waals surface area contributed by atoms with Crippen LogP contribution >= 0.6 is 0 Å². The smallest absolute Gasteiger partial charge is 0.200 e. The Morgan fingerprint density at radius 3 is 2.61 bits per heavy atom. The lowest BCUT2D eigenvalue weighted by Crippen LogP contribution is -2.74. The van der Waals surface area contributed by atoms with Gasteiger partial charge in [-0.2, -0.15) is 0 Å². The lowest BCUT2D eigenvalue weighted by atomic mass is 9.49. The van der Waals surface area contributed by atoms with Crippen molar-refractivity contribution in [1.29, 1.82) is 0 Å². The van der Waals surface area contributed by atoms with E-state index in [1.54, 1.807) is 0 Å². The summed E-state index contributed by atoms with van der Waals surface area (Å²) in [4.78, 5) is 30.9. The third kappa shape index (κ3) is 3.15. The lowest BCUT2D eigenvalue weighted by molar-refractivity contribution is -0.171. The number of rotatable bonds is 6. The number of ketones is 2. The van der Waals surface area contributed by atoms with Gasteiger partial charge in [0.2, 0.25) is 0 Å². The maximum absolute atomic E-state index is 14.4. The monoisotopic (exact) mass is 519 g/mol. The summed E-state index contributed by atoms with van der Waals surface area (Å²) in [5.41, 5.74) is -0.884. The molecule has 7 rings (SSSR count). The fraction of sp³-hybridized carbons (Fsp3) is 0.548. The molecule has 1 aromatic rings. The van der Waals surface area contributed by atoms with Crippen LogP contribution in [0.4, 0.5) is 0 Å². The summed E-state index contributed by atoms with van der Waals surface area (Å²) in [5, 5.41) is 11.0. The normalized spacial score (nSPS) is 33.2. The molecule has 1 saturated heterocycles. The summed E-state index contributed by atoms with van der Waals surface area (Å²) in [6, 6.07) is 1.50. The number of phenolic OH excluding ortho intramolecular Hbond substituents is 1. The van der Waals surface area contributed by atoms with Crippen LogP contribution in [-0.2, 0) is 9.53 Å². The van der Waals surface area contributed by atoms with Crippen molar-refractivity contribution in [2.45, 2.75) is 64.8 Å². The highest BCUT2D eigenvalue weighted by Crippen LogP contribution is 2.66. The molecule has 0 amide bonds. The minimum absolute atomic E-state index is 0.0112. The number of hydrogen-bond acceptors (Lipinski definition) is 7. The van der Waals surface area contributed by atoms with Crippen molar-refractivity contribution in [2.24, 2.45) is 17.8 Å². The highest BCUT2D eigenvalue weighted by Gasteiger charge is 2.79.